The van der Waals surface area contributed by atoms with Crippen LogP contribution in [0.25, 0.3) is 0 Å². The van der Waals surface area contributed by atoms with Crippen molar-refractivity contribution >= 4 is 5.78 Å². The van der Waals surface area contributed by atoms with Gasteiger partial charge in [-0.3, -0.25) is 4.79 Å². The van der Waals surface area contributed by atoms with Crippen LogP contribution in [0, 0.1) is 27.6 Å². The van der Waals surface area contributed by atoms with Gasteiger partial charge in [0.25, 0.3) is 0 Å². The number of rotatable bonds is 7. The summed E-state index contributed by atoms with van der Waals surface area (Å²) in [6, 6.07) is -0.258. The second-order valence-electron chi connectivity index (χ2n) is 8.05. The highest BCUT2D eigenvalue weighted by molar-refractivity contribution is 5.84. The van der Waals surface area contributed by atoms with E-state index < -0.39 is 0 Å². The quantitative estimate of drug-likeness (QED) is 0.474. The van der Waals surface area contributed by atoms with Crippen molar-refractivity contribution < 1.29 is 4.79 Å². The Kier molecular flexibility index (Phi) is 5.24. The third kappa shape index (κ3) is 3.04. The highest BCUT2D eigenvalue weighted by Gasteiger charge is 2.52. The summed E-state index contributed by atoms with van der Waals surface area (Å²) in [5, 5.41) is 3.51. The molecule has 5 atom stereocenters. The van der Waals surface area contributed by atoms with Crippen LogP contribution in [0.2, 0.25) is 0 Å². The van der Waals surface area contributed by atoms with Gasteiger partial charge in [0.1, 0.15) is 11.8 Å². The van der Waals surface area contributed by atoms with Gasteiger partial charge in [-0.25, -0.2) is 0 Å². The molecule has 0 amide bonds. The zero-order valence-electron chi connectivity index (χ0n) is 14.4. The molecule has 2 aliphatic carbocycles. The van der Waals surface area contributed by atoms with Crippen LogP contribution < -0.4 is 0 Å². The Morgan fingerprint density at radius 2 is 2.23 bits per heavy atom. The molecular formula is C19H31NO2. The molecule has 0 spiro atoms. The third-order valence-corrected chi connectivity index (χ3v) is 6.51. The molecule has 1 unspecified atom stereocenters. The van der Waals surface area contributed by atoms with Crippen molar-refractivity contribution in [3.8, 4) is 0 Å². The molecule has 0 bridgehead atoms. The largest absolute Gasteiger partial charge is 0.299 e. The summed E-state index contributed by atoms with van der Waals surface area (Å²) >= 11 is 0. The zero-order valence-corrected chi connectivity index (χ0v) is 14.4. The zero-order chi connectivity index (χ0) is 16.4. The van der Waals surface area contributed by atoms with Crippen LogP contribution in [-0.4, -0.2) is 11.8 Å². The second-order valence-corrected chi connectivity index (χ2v) is 8.05. The predicted molar refractivity (Wildman–Crippen MR) is 90.6 cm³/mol. The van der Waals surface area contributed by atoms with Crippen LogP contribution in [0.4, 0.5) is 0 Å². The van der Waals surface area contributed by atoms with Crippen molar-refractivity contribution in [2.75, 3.05) is 0 Å². The minimum absolute atomic E-state index is 0.0280. The van der Waals surface area contributed by atoms with Gasteiger partial charge in [-0.05, 0) is 43.4 Å². The SMILES string of the molecule is C=C[C@](C)(CCC)[C@H](C[C@]12CCC(=O)C1C[C@H](C)CC2)N=O. The van der Waals surface area contributed by atoms with Crippen LogP contribution in [0.5, 0.6) is 0 Å². The highest BCUT2D eigenvalue weighted by Crippen LogP contribution is 2.56. The number of nitrogens with zero attached hydrogens (tertiary/aromatic N) is 1. The van der Waals surface area contributed by atoms with Gasteiger partial charge in [0.05, 0.1) is 0 Å². The average molecular weight is 305 g/mol. The minimum Gasteiger partial charge on any atom is -0.299 e. The summed E-state index contributed by atoms with van der Waals surface area (Å²) in [4.78, 5) is 24.0. The Bertz CT molecular complexity index is 447. The lowest BCUT2D eigenvalue weighted by Crippen LogP contribution is -2.41. The van der Waals surface area contributed by atoms with Crippen LogP contribution in [-0.2, 0) is 4.79 Å². The van der Waals surface area contributed by atoms with E-state index in [0.29, 0.717) is 18.1 Å². The van der Waals surface area contributed by atoms with Crippen molar-refractivity contribution in [3.05, 3.63) is 17.6 Å². The molecule has 0 N–H and O–H groups in total. The standard InChI is InChI=1S/C19H31NO2/c1-5-9-18(4,6-2)17(20-22)13-19-10-7-14(3)12-15(19)16(21)8-11-19/h6,14-15,17H,2,5,7-13H2,1,3-4H3/t14-,15?,17+,18-,19+/m1/s1. The Balaban J connectivity index is 2.23. The number of nitroso groups, excluding NO2 is 1. The summed E-state index contributed by atoms with van der Waals surface area (Å²) in [5.41, 5.74) is -0.218. The molecule has 2 rings (SSSR count). The third-order valence-electron chi connectivity index (χ3n) is 6.51. The maximum atomic E-state index is 12.3. The molecule has 0 aromatic rings. The number of carbonyl (C=O) groups is 1. The van der Waals surface area contributed by atoms with E-state index in [4.69, 9.17) is 0 Å². The van der Waals surface area contributed by atoms with Gasteiger partial charge in [-0.15, -0.1) is 6.58 Å². The summed E-state index contributed by atoms with van der Waals surface area (Å²) in [6.07, 6.45) is 9.53. The maximum absolute atomic E-state index is 12.3. The van der Waals surface area contributed by atoms with E-state index in [0.717, 1.165) is 38.5 Å². The minimum atomic E-state index is -0.258. The topological polar surface area (TPSA) is 46.5 Å². The van der Waals surface area contributed by atoms with Crippen molar-refractivity contribution in [3.63, 3.8) is 0 Å². The van der Waals surface area contributed by atoms with Crippen LogP contribution in [0.15, 0.2) is 17.8 Å². The van der Waals surface area contributed by atoms with E-state index in [1.807, 2.05) is 6.08 Å². The Morgan fingerprint density at radius 1 is 1.50 bits per heavy atom. The van der Waals surface area contributed by atoms with Crippen LogP contribution in [0.3, 0.4) is 0 Å². The van der Waals surface area contributed by atoms with Gasteiger partial charge in [-0.2, -0.15) is 4.91 Å². The van der Waals surface area contributed by atoms with E-state index in [1.54, 1.807) is 0 Å². The predicted octanol–water partition coefficient (Wildman–Crippen LogP) is 5.29. The number of fused-ring (bicyclic) bond motifs is 1. The van der Waals surface area contributed by atoms with E-state index in [1.165, 1.54) is 6.42 Å². The summed E-state index contributed by atoms with van der Waals surface area (Å²) < 4.78 is 0. The first-order valence-electron chi connectivity index (χ1n) is 8.89. The molecule has 0 radical (unpaired) electrons. The Labute approximate surface area is 134 Å². The Hall–Kier alpha value is -0.990. The highest BCUT2D eigenvalue weighted by atomic mass is 16.3. The van der Waals surface area contributed by atoms with Crippen molar-refractivity contribution in [1.82, 2.24) is 0 Å². The van der Waals surface area contributed by atoms with Gasteiger partial charge in [0.15, 0.2) is 0 Å². The molecule has 2 saturated carbocycles. The molecule has 2 aliphatic rings. The fourth-order valence-electron chi connectivity index (χ4n) is 4.86. The number of carbonyl (C=O) groups excluding carboxylic acids is 1. The van der Waals surface area contributed by atoms with Crippen molar-refractivity contribution in [1.29, 1.82) is 0 Å². The van der Waals surface area contributed by atoms with Crippen molar-refractivity contribution in [2.24, 2.45) is 27.8 Å². The van der Waals surface area contributed by atoms with E-state index >= 15 is 0 Å². The molecule has 3 nitrogen and oxygen atoms in total. The second kappa shape index (κ2) is 6.64. The molecule has 2 fully saturated rings. The molecule has 3 heteroatoms. The summed E-state index contributed by atoms with van der Waals surface area (Å²) in [7, 11) is 0. The van der Waals surface area contributed by atoms with Crippen LogP contribution >= 0.6 is 0 Å². The van der Waals surface area contributed by atoms with Gasteiger partial charge >= 0.3 is 0 Å². The molecule has 0 aromatic carbocycles. The molecule has 0 saturated heterocycles. The lowest BCUT2D eigenvalue weighted by Gasteiger charge is -2.44. The summed E-state index contributed by atoms with van der Waals surface area (Å²) in [6.45, 7) is 10.4. The number of hydrogen-bond acceptors (Lipinski definition) is 3. The monoisotopic (exact) mass is 305 g/mol. The number of ketones is 1. The van der Waals surface area contributed by atoms with E-state index in [2.05, 4.69) is 32.5 Å². The molecule has 0 aromatic heterocycles. The lowest BCUT2D eigenvalue weighted by atomic mass is 9.60. The lowest BCUT2D eigenvalue weighted by molar-refractivity contribution is -0.124. The maximum Gasteiger partial charge on any atom is 0.136 e. The van der Waals surface area contributed by atoms with Gasteiger partial charge in [0, 0.05) is 17.8 Å². The fraction of sp³-hybridized carbons (Fsp3) is 0.842. The van der Waals surface area contributed by atoms with Crippen LogP contribution in [0.1, 0.15) is 72.1 Å². The normalized spacial score (nSPS) is 35.5. The average Bonchev–Trinajstić information content (AvgIpc) is 2.82. The Morgan fingerprint density at radius 3 is 2.82 bits per heavy atom. The smallest absolute Gasteiger partial charge is 0.136 e. The van der Waals surface area contributed by atoms with Gasteiger partial charge in [0.2, 0.25) is 0 Å². The number of hydrogen-bond donors (Lipinski definition) is 0. The van der Waals surface area contributed by atoms with Gasteiger partial charge < -0.3 is 0 Å². The van der Waals surface area contributed by atoms with E-state index in [-0.39, 0.29) is 22.8 Å². The van der Waals surface area contributed by atoms with Gasteiger partial charge in [-0.1, -0.05) is 44.9 Å². The molecule has 0 aliphatic heterocycles. The first-order valence-corrected chi connectivity index (χ1v) is 8.89. The molecular weight excluding hydrogens is 274 g/mol. The number of Topliss-reactive ketones (excluding diaryl/α,β-unsaturated/α-hetero) is 1. The first kappa shape index (κ1) is 17.4. The van der Waals surface area contributed by atoms with E-state index in [9.17, 15) is 9.70 Å². The summed E-state index contributed by atoms with van der Waals surface area (Å²) in [5.74, 6) is 1.22. The molecule has 124 valence electrons. The first-order chi connectivity index (χ1) is 10.4. The molecule has 22 heavy (non-hydrogen) atoms. The molecule has 0 heterocycles. The fourth-order valence-corrected chi connectivity index (χ4v) is 4.86. The van der Waals surface area contributed by atoms with Crippen molar-refractivity contribution in [2.45, 2.75) is 78.2 Å².